The van der Waals surface area contributed by atoms with E-state index in [-0.39, 0.29) is 5.78 Å². The lowest BCUT2D eigenvalue weighted by Gasteiger charge is -2.24. The van der Waals surface area contributed by atoms with Crippen LogP contribution in [0.2, 0.25) is 0 Å². The fourth-order valence-electron chi connectivity index (χ4n) is 1.12. The maximum Gasteiger partial charge on any atom is 0.155 e. The highest BCUT2D eigenvalue weighted by Crippen LogP contribution is 2.17. The van der Waals surface area contributed by atoms with Crippen LogP contribution >= 0.6 is 0 Å². The SMILES string of the molecule is CC(=O)C(C)(C)n1cncc1C. The molecule has 0 amide bonds. The molecule has 1 aromatic rings. The summed E-state index contributed by atoms with van der Waals surface area (Å²) in [5.74, 6) is 0.142. The first-order valence-electron chi connectivity index (χ1n) is 3.96. The van der Waals surface area contributed by atoms with Crippen LogP contribution in [0.3, 0.4) is 0 Å². The number of aromatic nitrogens is 2. The molecule has 0 aliphatic heterocycles. The Morgan fingerprint density at radius 3 is 2.50 bits per heavy atom. The number of nitrogens with zero attached hydrogens (tertiary/aromatic N) is 2. The summed E-state index contributed by atoms with van der Waals surface area (Å²) in [6, 6.07) is 0. The van der Waals surface area contributed by atoms with Gasteiger partial charge in [-0.15, -0.1) is 0 Å². The molecule has 1 aromatic heterocycles. The van der Waals surface area contributed by atoms with E-state index in [4.69, 9.17) is 0 Å². The lowest BCUT2D eigenvalue weighted by Crippen LogP contribution is -2.34. The van der Waals surface area contributed by atoms with Gasteiger partial charge in [-0.2, -0.15) is 0 Å². The normalized spacial score (nSPS) is 11.7. The molecule has 3 heteroatoms. The fourth-order valence-corrected chi connectivity index (χ4v) is 1.12. The van der Waals surface area contributed by atoms with Crippen molar-refractivity contribution in [3.63, 3.8) is 0 Å². The summed E-state index contributed by atoms with van der Waals surface area (Å²) in [4.78, 5) is 15.2. The van der Waals surface area contributed by atoms with Gasteiger partial charge in [-0.25, -0.2) is 4.98 Å². The van der Waals surface area contributed by atoms with E-state index in [1.54, 1.807) is 19.4 Å². The molecule has 0 saturated heterocycles. The number of hydrogen-bond acceptors (Lipinski definition) is 2. The molecule has 1 rings (SSSR count). The zero-order valence-corrected chi connectivity index (χ0v) is 7.96. The Morgan fingerprint density at radius 1 is 1.58 bits per heavy atom. The zero-order valence-electron chi connectivity index (χ0n) is 7.96. The highest BCUT2D eigenvalue weighted by molar-refractivity contribution is 5.83. The van der Waals surface area contributed by atoms with Crippen LogP contribution in [0.4, 0.5) is 0 Å². The minimum atomic E-state index is -0.472. The second-order valence-corrected chi connectivity index (χ2v) is 3.52. The smallest absolute Gasteiger partial charge is 0.155 e. The zero-order chi connectivity index (χ0) is 9.35. The number of aryl methyl sites for hydroxylation is 1. The van der Waals surface area contributed by atoms with Gasteiger partial charge in [0.2, 0.25) is 0 Å². The quantitative estimate of drug-likeness (QED) is 0.667. The molecule has 0 fully saturated rings. The third-order valence-corrected chi connectivity index (χ3v) is 2.29. The molecule has 0 bridgehead atoms. The molecule has 12 heavy (non-hydrogen) atoms. The van der Waals surface area contributed by atoms with Crippen molar-refractivity contribution in [3.8, 4) is 0 Å². The van der Waals surface area contributed by atoms with E-state index in [0.717, 1.165) is 5.69 Å². The molecule has 0 spiro atoms. The molecule has 0 aliphatic carbocycles. The molecule has 0 aromatic carbocycles. The maximum atomic E-state index is 11.3. The van der Waals surface area contributed by atoms with Gasteiger partial charge >= 0.3 is 0 Å². The van der Waals surface area contributed by atoms with Crippen molar-refractivity contribution in [2.24, 2.45) is 0 Å². The van der Waals surface area contributed by atoms with Gasteiger partial charge in [0.15, 0.2) is 5.78 Å². The van der Waals surface area contributed by atoms with Gasteiger partial charge in [0.25, 0.3) is 0 Å². The van der Waals surface area contributed by atoms with Crippen molar-refractivity contribution in [2.45, 2.75) is 33.2 Å². The Hall–Kier alpha value is -1.12. The molecule has 3 nitrogen and oxygen atoms in total. The molecule has 0 aliphatic rings. The highest BCUT2D eigenvalue weighted by atomic mass is 16.1. The van der Waals surface area contributed by atoms with Crippen LogP contribution in [0.5, 0.6) is 0 Å². The number of carbonyl (C=O) groups is 1. The van der Waals surface area contributed by atoms with Gasteiger partial charge in [-0.3, -0.25) is 4.79 Å². The van der Waals surface area contributed by atoms with Crippen LogP contribution in [0.1, 0.15) is 26.5 Å². The Balaban J connectivity index is 3.13. The average Bonchev–Trinajstić information content (AvgIpc) is 2.35. The van der Waals surface area contributed by atoms with Crippen molar-refractivity contribution in [1.82, 2.24) is 9.55 Å². The van der Waals surface area contributed by atoms with Gasteiger partial charge in [-0.05, 0) is 27.7 Å². The first kappa shape index (κ1) is 8.97. The van der Waals surface area contributed by atoms with E-state index in [0.29, 0.717) is 0 Å². The summed E-state index contributed by atoms with van der Waals surface area (Å²) in [7, 11) is 0. The summed E-state index contributed by atoms with van der Waals surface area (Å²) < 4.78 is 1.88. The lowest BCUT2D eigenvalue weighted by atomic mass is 10.00. The van der Waals surface area contributed by atoms with Crippen LogP contribution in [0.25, 0.3) is 0 Å². The summed E-state index contributed by atoms with van der Waals surface area (Å²) in [5.41, 5.74) is 0.538. The van der Waals surface area contributed by atoms with Crippen molar-refractivity contribution < 1.29 is 4.79 Å². The molecule has 66 valence electrons. The van der Waals surface area contributed by atoms with Crippen LogP contribution in [0, 0.1) is 6.92 Å². The molecule has 0 radical (unpaired) electrons. The molecule has 1 heterocycles. The maximum absolute atomic E-state index is 11.3. The first-order chi connectivity index (χ1) is 5.46. The predicted octanol–water partition coefficient (Wildman–Crippen LogP) is 1.52. The van der Waals surface area contributed by atoms with E-state index in [1.165, 1.54) is 0 Å². The molecule has 0 atom stereocenters. The van der Waals surface area contributed by atoms with E-state index >= 15 is 0 Å². The van der Waals surface area contributed by atoms with Crippen LogP contribution in [0.15, 0.2) is 12.5 Å². The largest absolute Gasteiger partial charge is 0.322 e. The number of carbonyl (C=O) groups excluding carboxylic acids is 1. The second kappa shape index (κ2) is 2.73. The predicted molar refractivity (Wildman–Crippen MR) is 47.0 cm³/mol. The Morgan fingerprint density at radius 2 is 2.17 bits per heavy atom. The van der Waals surface area contributed by atoms with Gasteiger partial charge in [0, 0.05) is 11.9 Å². The third-order valence-electron chi connectivity index (χ3n) is 2.29. The summed E-state index contributed by atoms with van der Waals surface area (Å²) >= 11 is 0. The summed E-state index contributed by atoms with van der Waals surface area (Å²) in [6.45, 7) is 7.32. The number of hydrogen-bond donors (Lipinski definition) is 0. The standard InChI is InChI=1S/C9H14N2O/c1-7-5-10-6-11(7)9(3,4)8(2)12/h5-6H,1-4H3. The Kier molecular flexibility index (Phi) is 2.04. The van der Waals surface area contributed by atoms with Crippen molar-refractivity contribution in [2.75, 3.05) is 0 Å². The third kappa shape index (κ3) is 1.26. The van der Waals surface area contributed by atoms with Crippen LogP contribution in [-0.2, 0) is 10.3 Å². The number of Topliss-reactive ketones (excluding diaryl/α,β-unsaturated/α-hetero) is 1. The van der Waals surface area contributed by atoms with Crippen LogP contribution in [-0.4, -0.2) is 15.3 Å². The lowest BCUT2D eigenvalue weighted by molar-refractivity contribution is -0.124. The van der Waals surface area contributed by atoms with Crippen molar-refractivity contribution in [1.29, 1.82) is 0 Å². The van der Waals surface area contributed by atoms with E-state index in [1.807, 2.05) is 25.3 Å². The second-order valence-electron chi connectivity index (χ2n) is 3.52. The fraction of sp³-hybridized carbons (Fsp3) is 0.556. The molecule has 0 saturated carbocycles. The van der Waals surface area contributed by atoms with E-state index in [9.17, 15) is 4.79 Å². The van der Waals surface area contributed by atoms with Gasteiger partial charge in [-0.1, -0.05) is 0 Å². The van der Waals surface area contributed by atoms with E-state index in [2.05, 4.69) is 4.98 Å². The van der Waals surface area contributed by atoms with E-state index < -0.39 is 5.54 Å². The minimum Gasteiger partial charge on any atom is -0.322 e. The highest BCUT2D eigenvalue weighted by Gasteiger charge is 2.26. The molecular weight excluding hydrogens is 152 g/mol. The number of rotatable bonds is 2. The van der Waals surface area contributed by atoms with Crippen LogP contribution < -0.4 is 0 Å². The molecule has 0 N–H and O–H groups in total. The molecular formula is C9H14N2O. The Bertz CT molecular complexity index is 299. The van der Waals surface area contributed by atoms with Gasteiger partial charge in [0.1, 0.15) is 0 Å². The monoisotopic (exact) mass is 166 g/mol. The topological polar surface area (TPSA) is 34.9 Å². The van der Waals surface area contributed by atoms with Crippen molar-refractivity contribution in [3.05, 3.63) is 18.2 Å². The molecule has 0 unspecified atom stereocenters. The summed E-state index contributed by atoms with van der Waals surface area (Å²) in [5, 5.41) is 0. The average molecular weight is 166 g/mol. The Labute approximate surface area is 72.4 Å². The summed E-state index contributed by atoms with van der Waals surface area (Å²) in [6.07, 6.45) is 3.45. The van der Waals surface area contributed by atoms with Gasteiger partial charge in [0.05, 0.1) is 11.9 Å². The number of ketones is 1. The minimum absolute atomic E-state index is 0.142. The first-order valence-corrected chi connectivity index (χ1v) is 3.96. The number of imidazole rings is 1. The van der Waals surface area contributed by atoms with Crippen molar-refractivity contribution >= 4 is 5.78 Å². The van der Waals surface area contributed by atoms with Gasteiger partial charge < -0.3 is 4.57 Å².